The van der Waals surface area contributed by atoms with Crippen LogP contribution in [0, 0.1) is 0 Å². The average Bonchev–Trinajstić information content (AvgIpc) is 3.07. The van der Waals surface area contributed by atoms with Crippen molar-refractivity contribution in [1.82, 2.24) is 24.8 Å². The highest BCUT2D eigenvalue weighted by Crippen LogP contribution is 2.08. The molecule has 0 aliphatic heterocycles. The highest BCUT2D eigenvalue weighted by atomic mass is 32.2. The average molecular weight is 336 g/mol. The number of aromatic nitrogens is 4. The maximum Gasteiger partial charge on any atom is 0.346 e. The van der Waals surface area contributed by atoms with Crippen molar-refractivity contribution in [1.29, 1.82) is 0 Å². The third kappa shape index (κ3) is 3.97. The zero-order chi connectivity index (χ0) is 17.0. The maximum absolute atomic E-state index is 11.9. The van der Waals surface area contributed by atoms with Crippen LogP contribution in [-0.2, 0) is 18.9 Å². The van der Waals surface area contributed by atoms with Crippen LogP contribution in [0.15, 0.2) is 38.0 Å². The van der Waals surface area contributed by atoms with Gasteiger partial charge in [-0.3, -0.25) is 14.2 Å². The van der Waals surface area contributed by atoms with Gasteiger partial charge < -0.3 is 4.98 Å². The number of H-pyrrole nitrogens is 1. The topological polar surface area (TPSA) is 114 Å². The number of thioether (sulfide) groups is 1. The lowest BCUT2D eigenvalue weighted by Gasteiger charge is -2.05. The summed E-state index contributed by atoms with van der Waals surface area (Å²) in [6.07, 6.45) is 1.76. The number of nitrogens with one attached hydrogen (secondary N) is 2. The molecular weight excluding hydrogens is 320 g/mol. The van der Waals surface area contributed by atoms with Crippen molar-refractivity contribution in [2.45, 2.75) is 11.9 Å². The minimum absolute atomic E-state index is 0.0397. The molecule has 0 unspecified atom stereocenters. The predicted octanol–water partition coefficient (Wildman–Crippen LogP) is -0.560. The van der Waals surface area contributed by atoms with Gasteiger partial charge in [-0.15, -0.1) is 0 Å². The second-order valence-electron chi connectivity index (χ2n) is 4.68. The van der Waals surface area contributed by atoms with Crippen molar-refractivity contribution < 1.29 is 4.79 Å². The van der Waals surface area contributed by atoms with Gasteiger partial charge in [0.2, 0.25) is 5.91 Å². The molecule has 9 nitrogen and oxygen atoms in total. The van der Waals surface area contributed by atoms with Crippen LogP contribution in [0.1, 0.15) is 12.6 Å². The Morgan fingerprint density at radius 1 is 1.43 bits per heavy atom. The van der Waals surface area contributed by atoms with Crippen LogP contribution in [0.5, 0.6) is 0 Å². The normalized spacial score (nSPS) is 11.5. The Kier molecular flexibility index (Phi) is 5.16. The minimum atomic E-state index is -0.531. The minimum Gasteiger partial charge on any atom is -0.360 e. The number of aromatic amines is 1. The van der Waals surface area contributed by atoms with Gasteiger partial charge in [0.25, 0.3) is 5.56 Å². The molecule has 2 heterocycles. The second kappa shape index (κ2) is 7.09. The summed E-state index contributed by atoms with van der Waals surface area (Å²) in [5.74, 6) is -0.416. The van der Waals surface area contributed by atoms with Gasteiger partial charge in [-0.2, -0.15) is 10.2 Å². The van der Waals surface area contributed by atoms with Crippen molar-refractivity contribution in [2.24, 2.45) is 19.2 Å². The van der Waals surface area contributed by atoms with Gasteiger partial charge in [0.05, 0.1) is 17.2 Å². The molecule has 0 atom stereocenters. The first-order valence-corrected chi connectivity index (χ1v) is 7.62. The fourth-order valence-electron chi connectivity index (χ4n) is 1.69. The number of nitrogens with zero attached hydrogens (tertiary/aromatic N) is 4. The van der Waals surface area contributed by atoms with E-state index in [1.54, 1.807) is 13.1 Å². The Morgan fingerprint density at radius 3 is 2.83 bits per heavy atom. The van der Waals surface area contributed by atoms with E-state index in [0.717, 1.165) is 26.7 Å². The molecule has 10 heteroatoms. The fraction of sp³-hybridized carbons (Fsp3) is 0.308. The lowest BCUT2D eigenvalue weighted by Crippen LogP contribution is -2.39. The number of carbonyl (C=O) groups is 1. The standard InChI is InChI=1S/C13H16N6O3S/c1-8(9-5-4-6-14-9)15-16-10(20)7-23-11-12(21)18(2)13(22)19(3)17-11/h4-6,14H,7H2,1-3H3,(H,16,20)/b15-8+. The van der Waals surface area contributed by atoms with Gasteiger partial charge in [0, 0.05) is 20.3 Å². The molecule has 0 aliphatic rings. The molecule has 1 amide bonds. The summed E-state index contributed by atoms with van der Waals surface area (Å²) in [5.41, 5.74) is 2.78. The summed E-state index contributed by atoms with van der Waals surface area (Å²) in [7, 11) is 2.80. The van der Waals surface area contributed by atoms with Crippen LogP contribution in [0.25, 0.3) is 0 Å². The van der Waals surface area contributed by atoms with E-state index in [1.807, 2.05) is 12.1 Å². The van der Waals surface area contributed by atoms with E-state index in [-0.39, 0.29) is 16.7 Å². The highest BCUT2D eigenvalue weighted by molar-refractivity contribution is 7.99. The van der Waals surface area contributed by atoms with Gasteiger partial charge in [-0.05, 0) is 19.1 Å². The molecule has 0 radical (unpaired) electrons. The molecule has 0 aromatic carbocycles. The van der Waals surface area contributed by atoms with Crippen molar-refractivity contribution in [3.63, 3.8) is 0 Å². The van der Waals surface area contributed by atoms with Crippen LogP contribution in [0.4, 0.5) is 0 Å². The van der Waals surface area contributed by atoms with E-state index >= 15 is 0 Å². The zero-order valence-corrected chi connectivity index (χ0v) is 13.7. The fourth-order valence-corrected chi connectivity index (χ4v) is 2.46. The van der Waals surface area contributed by atoms with Crippen LogP contribution in [0.2, 0.25) is 0 Å². The van der Waals surface area contributed by atoms with Crippen LogP contribution < -0.4 is 16.7 Å². The molecule has 0 saturated carbocycles. The quantitative estimate of drug-likeness (QED) is 0.431. The lowest BCUT2D eigenvalue weighted by atomic mass is 10.3. The molecule has 0 bridgehead atoms. The van der Waals surface area contributed by atoms with Crippen LogP contribution in [0.3, 0.4) is 0 Å². The van der Waals surface area contributed by atoms with Gasteiger partial charge in [0.15, 0.2) is 5.03 Å². The summed E-state index contributed by atoms with van der Waals surface area (Å²) in [4.78, 5) is 38.2. The van der Waals surface area contributed by atoms with Gasteiger partial charge >= 0.3 is 5.69 Å². The number of amides is 1. The van der Waals surface area contributed by atoms with Crippen molar-refractivity contribution in [3.8, 4) is 0 Å². The second-order valence-corrected chi connectivity index (χ2v) is 5.64. The van der Waals surface area contributed by atoms with E-state index in [0.29, 0.717) is 5.71 Å². The van der Waals surface area contributed by atoms with E-state index in [9.17, 15) is 14.4 Å². The first-order valence-electron chi connectivity index (χ1n) is 6.64. The smallest absolute Gasteiger partial charge is 0.346 e. The third-order valence-electron chi connectivity index (χ3n) is 2.97. The van der Waals surface area contributed by atoms with E-state index in [1.165, 1.54) is 14.1 Å². The molecule has 122 valence electrons. The Morgan fingerprint density at radius 2 is 2.17 bits per heavy atom. The number of hydrogen-bond acceptors (Lipinski definition) is 6. The van der Waals surface area contributed by atoms with Gasteiger partial charge in [-0.1, -0.05) is 11.8 Å². The monoisotopic (exact) mass is 336 g/mol. The molecule has 0 aliphatic carbocycles. The van der Waals surface area contributed by atoms with Crippen molar-refractivity contribution in [3.05, 3.63) is 44.9 Å². The Bertz CT molecular complexity index is 850. The van der Waals surface area contributed by atoms with Crippen LogP contribution in [-0.4, -0.2) is 36.7 Å². The van der Waals surface area contributed by atoms with Crippen LogP contribution >= 0.6 is 11.8 Å². The number of aryl methyl sites for hydroxylation is 1. The van der Waals surface area contributed by atoms with E-state index < -0.39 is 11.2 Å². The van der Waals surface area contributed by atoms with Crippen molar-refractivity contribution in [2.75, 3.05) is 5.75 Å². The Hall–Kier alpha value is -2.62. The molecule has 0 fully saturated rings. The predicted molar refractivity (Wildman–Crippen MR) is 86.6 cm³/mol. The molecule has 2 N–H and O–H groups in total. The third-order valence-corrected chi connectivity index (χ3v) is 3.90. The molecule has 2 aromatic rings. The van der Waals surface area contributed by atoms with Crippen molar-refractivity contribution >= 4 is 23.4 Å². The number of carbonyl (C=O) groups excluding carboxylic acids is 1. The first kappa shape index (κ1) is 16.7. The Balaban J connectivity index is 1.99. The summed E-state index contributed by atoms with van der Waals surface area (Å²) in [6.45, 7) is 1.75. The lowest BCUT2D eigenvalue weighted by molar-refractivity contribution is -0.118. The highest BCUT2D eigenvalue weighted by Gasteiger charge is 2.11. The summed E-state index contributed by atoms with van der Waals surface area (Å²) in [6, 6.07) is 3.66. The zero-order valence-electron chi connectivity index (χ0n) is 12.9. The summed E-state index contributed by atoms with van der Waals surface area (Å²) in [5, 5.41) is 7.90. The summed E-state index contributed by atoms with van der Waals surface area (Å²) < 4.78 is 2.00. The largest absolute Gasteiger partial charge is 0.360 e. The maximum atomic E-state index is 11.9. The molecule has 0 spiro atoms. The molecule has 23 heavy (non-hydrogen) atoms. The number of hydrogen-bond donors (Lipinski definition) is 2. The molecule has 2 aromatic heterocycles. The molecule has 0 saturated heterocycles. The van der Waals surface area contributed by atoms with Gasteiger partial charge in [0.1, 0.15) is 0 Å². The number of rotatable bonds is 5. The van der Waals surface area contributed by atoms with E-state index in [2.05, 4.69) is 20.6 Å². The first-order chi connectivity index (χ1) is 10.9. The SMILES string of the molecule is C/C(=N\NC(=O)CSc1nn(C)c(=O)n(C)c1=O)c1ccc[nH]1. The summed E-state index contributed by atoms with van der Waals surface area (Å²) >= 11 is 0.948. The van der Waals surface area contributed by atoms with E-state index in [4.69, 9.17) is 0 Å². The Labute approximate surface area is 135 Å². The van der Waals surface area contributed by atoms with Gasteiger partial charge in [-0.25, -0.2) is 14.9 Å². The number of hydrazone groups is 1. The molecule has 2 rings (SSSR count). The molecular formula is C13H16N6O3S.